The largest absolute Gasteiger partial charge is 0.497 e. The lowest BCUT2D eigenvalue weighted by Crippen LogP contribution is -2.39. The van der Waals surface area contributed by atoms with Crippen molar-refractivity contribution in [2.75, 3.05) is 20.3 Å². The van der Waals surface area contributed by atoms with E-state index < -0.39 is 6.10 Å². The molecule has 2 aromatic rings. The third kappa shape index (κ3) is 5.19. The number of benzene rings is 2. The summed E-state index contributed by atoms with van der Waals surface area (Å²) in [4.78, 5) is 0. The number of halogens is 1. The van der Waals surface area contributed by atoms with E-state index in [-0.39, 0.29) is 12.4 Å². The molecule has 26 heavy (non-hydrogen) atoms. The van der Waals surface area contributed by atoms with Gasteiger partial charge in [-0.25, -0.2) is 4.39 Å². The van der Waals surface area contributed by atoms with Crippen molar-refractivity contribution in [2.45, 2.75) is 37.8 Å². The zero-order valence-corrected chi connectivity index (χ0v) is 15.1. The Morgan fingerprint density at radius 1 is 1.15 bits per heavy atom. The molecule has 0 aromatic heterocycles. The molecule has 2 aromatic carbocycles. The van der Waals surface area contributed by atoms with Crippen molar-refractivity contribution in [3.8, 4) is 11.5 Å². The van der Waals surface area contributed by atoms with Gasteiger partial charge in [-0.05, 0) is 73.2 Å². The SMILES string of the molecule is COc1ccc2c(c1)CC(NCC(O)COc1ccc(F)cc1)CCC2. The number of hydrogen-bond acceptors (Lipinski definition) is 4. The Morgan fingerprint density at radius 3 is 2.69 bits per heavy atom. The molecule has 0 amide bonds. The minimum absolute atomic E-state index is 0.176. The fourth-order valence-electron chi connectivity index (χ4n) is 3.33. The molecule has 1 aliphatic carbocycles. The molecule has 5 heteroatoms. The van der Waals surface area contributed by atoms with Gasteiger partial charge in [0.1, 0.15) is 30.0 Å². The van der Waals surface area contributed by atoms with Gasteiger partial charge in [-0.3, -0.25) is 0 Å². The maximum Gasteiger partial charge on any atom is 0.123 e. The summed E-state index contributed by atoms with van der Waals surface area (Å²) in [5, 5.41) is 13.6. The quantitative estimate of drug-likeness (QED) is 0.746. The second kappa shape index (κ2) is 9.01. The predicted molar refractivity (Wildman–Crippen MR) is 99.3 cm³/mol. The van der Waals surface area contributed by atoms with Gasteiger partial charge in [-0.1, -0.05) is 6.07 Å². The monoisotopic (exact) mass is 359 g/mol. The Hall–Kier alpha value is -2.11. The van der Waals surface area contributed by atoms with Crippen LogP contribution < -0.4 is 14.8 Å². The number of ether oxygens (including phenoxy) is 2. The molecule has 2 unspecified atom stereocenters. The Balaban J connectivity index is 1.48. The van der Waals surface area contributed by atoms with Crippen LogP contribution in [0, 0.1) is 5.82 Å². The van der Waals surface area contributed by atoms with Crippen LogP contribution in [0.2, 0.25) is 0 Å². The van der Waals surface area contributed by atoms with E-state index in [0.717, 1.165) is 31.4 Å². The van der Waals surface area contributed by atoms with E-state index in [1.807, 2.05) is 6.07 Å². The highest BCUT2D eigenvalue weighted by atomic mass is 19.1. The molecule has 2 atom stereocenters. The number of nitrogens with one attached hydrogen (secondary N) is 1. The molecular formula is C21H26FNO3. The second-order valence-electron chi connectivity index (χ2n) is 6.75. The molecule has 140 valence electrons. The average molecular weight is 359 g/mol. The van der Waals surface area contributed by atoms with Crippen LogP contribution in [-0.4, -0.2) is 37.5 Å². The highest BCUT2D eigenvalue weighted by molar-refractivity contribution is 5.37. The first kappa shape index (κ1) is 18.7. The van der Waals surface area contributed by atoms with E-state index in [2.05, 4.69) is 17.4 Å². The van der Waals surface area contributed by atoms with Gasteiger partial charge in [0, 0.05) is 12.6 Å². The normalized spacial score (nSPS) is 17.9. The number of fused-ring (bicyclic) bond motifs is 1. The van der Waals surface area contributed by atoms with Gasteiger partial charge in [-0.15, -0.1) is 0 Å². The van der Waals surface area contributed by atoms with Crippen LogP contribution in [0.3, 0.4) is 0 Å². The van der Waals surface area contributed by atoms with Crippen molar-refractivity contribution >= 4 is 0 Å². The lowest BCUT2D eigenvalue weighted by Gasteiger charge is -2.20. The number of methoxy groups -OCH3 is 1. The Kier molecular flexibility index (Phi) is 6.47. The van der Waals surface area contributed by atoms with Crippen molar-refractivity contribution in [3.05, 3.63) is 59.4 Å². The summed E-state index contributed by atoms with van der Waals surface area (Å²) >= 11 is 0. The minimum atomic E-state index is -0.618. The molecule has 0 fully saturated rings. The summed E-state index contributed by atoms with van der Waals surface area (Å²) in [5.74, 6) is 1.14. The summed E-state index contributed by atoms with van der Waals surface area (Å²) in [5.41, 5.74) is 2.70. The maximum absolute atomic E-state index is 12.9. The third-order valence-electron chi connectivity index (χ3n) is 4.78. The molecule has 2 N–H and O–H groups in total. The van der Waals surface area contributed by atoms with E-state index in [4.69, 9.17) is 9.47 Å². The lowest BCUT2D eigenvalue weighted by molar-refractivity contribution is 0.103. The number of hydrogen-bond donors (Lipinski definition) is 2. The number of aliphatic hydroxyl groups excluding tert-OH is 1. The van der Waals surface area contributed by atoms with E-state index >= 15 is 0 Å². The van der Waals surface area contributed by atoms with Crippen LogP contribution in [0.4, 0.5) is 4.39 Å². The summed E-state index contributed by atoms with van der Waals surface area (Å²) in [6, 6.07) is 12.4. The smallest absolute Gasteiger partial charge is 0.123 e. The van der Waals surface area contributed by atoms with Crippen molar-refractivity contribution in [2.24, 2.45) is 0 Å². The second-order valence-corrected chi connectivity index (χ2v) is 6.75. The van der Waals surface area contributed by atoms with Gasteiger partial charge in [0.15, 0.2) is 0 Å². The Labute approximate surface area is 154 Å². The van der Waals surface area contributed by atoms with E-state index in [1.165, 1.54) is 23.3 Å². The Morgan fingerprint density at radius 2 is 1.92 bits per heavy atom. The molecule has 4 nitrogen and oxygen atoms in total. The first-order valence-corrected chi connectivity index (χ1v) is 9.09. The molecule has 1 aliphatic rings. The summed E-state index contributed by atoms with van der Waals surface area (Å²) in [6.45, 7) is 0.640. The predicted octanol–water partition coefficient (Wildman–Crippen LogP) is 3.11. The Bertz CT molecular complexity index is 705. The van der Waals surface area contributed by atoms with Crippen LogP contribution in [0.5, 0.6) is 11.5 Å². The van der Waals surface area contributed by atoms with Crippen LogP contribution in [0.25, 0.3) is 0 Å². The molecule has 0 aliphatic heterocycles. The van der Waals surface area contributed by atoms with Crippen molar-refractivity contribution in [1.82, 2.24) is 5.32 Å². The highest BCUT2D eigenvalue weighted by Gasteiger charge is 2.18. The van der Waals surface area contributed by atoms with Gasteiger partial charge >= 0.3 is 0 Å². The van der Waals surface area contributed by atoms with Crippen molar-refractivity contribution in [1.29, 1.82) is 0 Å². The van der Waals surface area contributed by atoms with Gasteiger partial charge in [0.25, 0.3) is 0 Å². The molecular weight excluding hydrogens is 333 g/mol. The maximum atomic E-state index is 12.9. The van der Waals surface area contributed by atoms with Gasteiger partial charge in [0.05, 0.1) is 7.11 Å². The molecule has 0 saturated heterocycles. The van der Waals surface area contributed by atoms with Gasteiger partial charge in [-0.2, -0.15) is 0 Å². The first-order chi connectivity index (χ1) is 12.6. The number of aliphatic hydroxyl groups is 1. The van der Waals surface area contributed by atoms with Crippen molar-refractivity contribution < 1.29 is 19.0 Å². The zero-order valence-electron chi connectivity index (χ0n) is 15.1. The van der Waals surface area contributed by atoms with E-state index in [0.29, 0.717) is 18.3 Å². The van der Waals surface area contributed by atoms with E-state index in [1.54, 1.807) is 19.2 Å². The lowest BCUT2D eigenvalue weighted by atomic mass is 10.0. The topological polar surface area (TPSA) is 50.7 Å². The van der Waals surface area contributed by atoms with Crippen LogP contribution in [-0.2, 0) is 12.8 Å². The van der Waals surface area contributed by atoms with Crippen molar-refractivity contribution in [3.63, 3.8) is 0 Å². The third-order valence-corrected chi connectivity index (χ3v) is 4.78. The summed E-state index contributed by atoms with van der Waals surface area (Å²) in [7, 11) is 1.69. The molecule has 0 spiro atoms. The molecule has 0 heterocycles. The van der Waals surface area contributed by atoms with Gasteiger partial charge in [0.2, 0.25) is 0 Å². The molecule has 0 bridgehead atoms. The van der Waals surface area contributed by atoms with Crippen LogP contribution in [0.1, 0.15) is 24.0 Å². The van der Waals surface area contributed by atoms with Crippen LogP contribution in [0.15, 0.2) is 42.5 Å². The number of rotatable bonds is 7. The van der Waals surface area contributed by atoms with E-state index in [9.17, 15) is 9.50 Å². The standard InChI is InChI=1S/C21H26FNO3/c1-25-21-8-5-15-3-2-4-18(11-16(15)12-21)23-13-19(24)14-26-20-9-6-17(22)7-10-20/h5-10,12,18-19,23-24H,2-4,11,13-14H2,1H3. The first-order valence-electron chi connectivity index (χ1n) is 9.09. The molecule has 0 saturated carbocycles. The van der Waals surface area contributed by atoms with Gasteiger partial charge < -0.3 is 19.9 Å². The average Bonchev–Trinajstić information content (AvgIpc) is 2.87. The summed E-state index contributed by atoms with van der Waals surface area (Å²) in [6.07, 6.45) is 3.58. The summed E-state index contributed by atoms with van der Waals surface area (Å²) < 4.78 is 23.7. The van der Waals surface area contributed by atoms with Crippen LogP contribution >= 0.6 is 0 Å². The number of aryl methyl sites for hydroxylation is 1. The molecule has 0 radical (unpaired) electrons. The highest BCUT2D eigenvalue weighted by Crippen LogP contribution is 2.25. The molecule has 3 rings (SSSR count). The zero-order chi connectivity index (χ0) is 18.4. The fraction of sp³-hybridized carbons (Fsp3) is 0.429. The fourth-order valence-corrected chi connectivity index (χ4v) is 3.33. The minimum Gasteiger partial charge on any atom is -0.497 e.